The number of carbonyl (C=O) groups excluding carboxylic acids is 1. The van der Waals surface area contributed by atoms with Gasteiger partial charge in [0.2, 0.25) is 5.91 Å². The van der Waals surface area contributed by atoms with Crippen LogP contribution in [0.5, 0.6) is 0 Å². The Bertz CT molecular complexity index is 148. The van der Waals surface area contributed by atoms with E-state index in [9.17, 15) is 4.79 Å². The molecule has 0 aromatic heterocycles. The highest BCUT2D eigenvalue weighted by Crippen LogP contribution is 2.19. The molecule has 72 valence electrons. The molecule has 0 saturated heterocycles. The smallest absolute Gasteiger partial charge is 0.233 e. The van der Waals surface area contributed by atoms with Crippen molar-refractivity contribution in [2.45, 2.75) is 18.6 Å². The number of amides is 1. The van der Waals surface area contributed by atoms with Crippen LogP contribution >= 0.6 is 11.8 Å². The first-order valence-electron chi connectivity index (χ1n) is 3.98. The average Bonchev–Trinajstić information content (AvgIpc) is 2.04. The second kappa shape index (κ2) is 5.43. The van der Waals surface area contributed by atoms with Crippen molar-refractivity contribution in [3.63, 3.8) is 0 Å². The largest absolute Gasteiger partial charge is 0.358 e. The van der Waals surface area contributed by atoms with Gasteiger partial charge < -0.3 is 10.6 Å². The third kappa shape index (κ3) is 5.43. The van der Waals surface area contributed by atoms with Crippen molar-refractivity contribution in [1.82, 2.24) is 10.6 Å². The first-order chi connectivity index (χ1) is 5.52. The Morgan fingerprint density at radius 3 is 2.50 bits per heavy atom. The summed E-state index contributed by atoms with van der Waals surface area (Å²) in [4.78, 5) is 10.8. The van der Waals surface area contributed by atoms with Crippen molar-refractivity contribution in [3.8, 4) is 0 Å². The Labute approximate surface area is 78.7 Å². The molecule has 0 bridgehead atoms. The van der Waals surface area contributed by atoms with E-state index in [2.05, 4.69) is 30.7 Å². The minimum atomic E-state index is 0.0342. The molecule has 0 aromatic carbocycles. The van der Waals surface area contributed by atoms with Crippen molar-refractivity contribution >= 4 is 17.7 Å². The molecular weight excluding hydrogens is 172 g/mol. The summed E-state index contributed by atoms with van der Waals surface area (Å²) < 4.78 is 0.202. The number of hydrogen-bond acceptors (Lipinski definition) is 3. The first-order valence-corrected chi connectivity index (χ1v) is 5.21. The Hall–Kier alpha value is -0.220. The Kier molecular flexibility index (Phi) is 5.33. The second-order valence-electron chi connectivity index (χ2n) is 3.24. The van der Waals surface area contributed by atoms with Gasteiger partial charge in [0, 0.05) is 18.3 Å². The van der Waals surface area contributed by atoms with Crippen LogP contribution in [0, 0.1) is 0 Å². The van der Waals surface area contributed by atoms with E-state index in [-0.39, 0.29) is 10.7 Å². The van der Waals surface area contributed by atoms with Gasteiger partial charge in [-0.15, -0.1) is 0 Å². The predicted octanol–water partition coefficient (Wildman–Crippen LogP) is 0.464. The van der Waals surface area contributed by atoms with Gasteiger partial charge in [-0.25, -0.2) is 0 Å². The molecule has 0 atom stereocenters. The normalized spacial score (nSPS) is 11.3. The summed E-state index contributed by atoms with van der Waals surface area (Å²) in [6.45, 7) is 5.55. The minimum absolute atomic E-state index is 0.0342. The molecule has 2 N–H and O–H groups in total. The van der Waals surface area contributed by atoms with Gasteiger partial charge in [0.25, 0.3) is 0 Å². The molecular formula is C8H18N2OS. The van der Waals surface area contributed by atoms with Gasteiger partial charge in [-0.2, -0.15) is 11.8 Å². The quantitative estimate of drug-likeness (QED) is 0.662. The number of nitrogens with one attached hydrogen (secondary N) is 2. The Morgan fingerprint density at radius 2 is 2.08 bits per heavy atom. The first kappa shape index (κ1) is 11.8. The third-order valence-corrected chi connectivity index (χ3v) is 2.92. The standard InChI is InChI=1S/C8H18N2OS/c1-8(2,12-4)6-10-5-7(11)9-3/h10H,5-6H2,1-4H3,(H,9,11). The lowest BCUT2D eigenvalue weighted by Gasteiger charge is -2.21. The molecule has 3 nitrogen and oxygen atoms in total. The lowest BCUT2D eigenvalue weighted by Crippen LogP contribution is -2.38. The van der Waals surface area contributed by atoms with E-state index >= 15 is 0 Å². The molecule has 0 spiro atoms. The molecule has 0 aliphatic heterocycles. The summed E-state index contributed by atoms with van der Waals surface area (Å²) in [7, 11) is 1.64. The highest BCUT2D eigenvalue weighted by Gasteiger charge is 2.14. The topological polar surface area (TPSA) is 41.1 Å². The van der Waals surface area contributed by atoms with Gasteiger partial charge >= 0.3 is 0 Å². The summed E-state index contributed by atoms with van der Waals surface area (Å²) in [6, 6.07) is 0. The number of rotatable bonds is 5. The van der Waals surface area contributed by atoms with Crippen LogP contribution in [0.1, 0.15) is 13.8 Å². The van der Waals surface area contributed by atoms with E-state index in [1.165, 1.54) is 0 Å². The van der Waals surface area contributed by atoms with Crippen LogP contribution in [-0.2, 0) is 4.79 Å². The van der Waals surface area contributed by atoms with Crippen LogP contribution in [0.15, 0.2) is 0 Å². The van der Waals surface area contributed by atoms with Crippen molar-refractivity contribution in [1.29, 1.82) is 0 Å². The molecule has 12 heavy (non-hydrogen) atoms. The molecule has 1 amide bonds. The molecule has 0 aliphatic carbocycles. The zero-order chi connectivity index (χ0) is 9.61. The fraction of sp³-hybridized carbons (Fsp3) is 0.875. The molecule has 4 heteroatoms. The molecule has 0 aliphatic rings. The molecule has 0 radical (unpaired) electrons. The van der Waals surface area contributed by atoms with Gasteiger partial charge in [0.1, 0.15) is 0 Å². The maximum atomic E-state index is 10.8. The van der Waals surface area contributed by atoms with Gasteiger partial charge in [-0.05, 0) is 20.1 Å². The van der Waals surface area contributed by atoms with Crippen LogP contribution in [0.3, 0.4) is 0 Å². The minimum Gasteiger partial charge on any atom is -0.358 e. The van der Waals surface area contributed by atoms with E-state index in [0.29, 0.717) is 6.54 Å². The molecule has 0 fully saturated rings. The average molecular weight is 190 g/mol. The zero-order valence-corrected chi connectivity index (χ0v) is 9.05. The van der Waals surface area contributed by atoms with E-state index in [0.717, 1.165) is 6.54 Å². The summed E-state index contributed by atoms with van der Waals surface area (Å²) in [5.74, 6) is 0.0342. The lowest BCUT2D eigenvalue weighted by molar-refractivity contribution is -0.119. The fourth-order valence-electron chi connectivity index (χ4n) is 0.638. The van der Waals surface area contributed by atoms with Gasteiger partial charge in [0.15, 0.2) is 0 Å². The number of thioether (sulfide) groups is 1. The van der Waals surface area contributed by atoms with Crippen LogP contribution in [0.4, 0.5) is 0 Å². The van der Waals surface area contributed by atoms with Crippen LogP contribution < -0.4 is 10.6 Å². The maximum Gasteiger partial charge on any atom is 0.233 e. The number of carbonyl (C=O) groups is 1. The SMILES string of the molecule is CNC(=O)CNCC(C)(C)SC. The maximum absolute atomic E-state index is 10.8. The monoisotopic (exact) mass is 190 g/mol. The number of hydrogen-bond donors (Lipinski definition) is 2. The molecule has 0 aromatic rings. The van der Waals surface area contributed by atoms with Crippen molar-refractivity contribution < 1.29 is 4.79 Å². The summed E-state index contributed by atoms with van der Waals surface area (Å²) in [5, 5.41) is 5.66. The van der Waals surface area contributed by atoms with Crippen LogP contribution in [0.25, 0.3) is 0 Å². The van der Waals surface area contributed by atoms with Crippen molar-refractivity contribution in [3.05, 3.63) is 0 Å². The van der Waals surface area contributed by atoms with Gasteiger partial charge in [0.05, 0.1) is 6.54 Å². The van der Waals surface area contributed by atoms with Crippen LogP contribution in [-0.4, -0.2) is 37.0 Å². The third-order valence-electron chi connectivity index (χ3n) is 1.67. The lowest BCUT2D eigenvalue weighted by atomic mass is 10.2. The van der Waals surface area contributed by atoms with Gasteiger partial charge in [-0.1, -0.05) is 0 Å². The molecule has 0 saturated carbocycles. The Morgan fingerprint density at radius 1 is 1.50 bits per heavy atom. The summed E-state index contributed by atoms with van der Waals surface area (Å²) >= 11 is 1.79. The molecule has 0 unspecified atom stereocenters. The van der Waals surface area contributed by atoms with E-state index < -0.39 is 0 Å². The summed E-state index contributed by atoms with van der Waals surface area (Å²) in [6.07, 6.45) is 2.07. The van der Waals surface area contributed by atoms with E-state index in [4.69, 9.17) is 0 Å². The number of likely N-dealkylation sites (N-methyl/N-ethyl adjacent to an activating group) is 1. The van der Waals surface area contributed by atoms with Gasteiger partial charge in [-0.3, -0.25) is 4.79 Å². The van der Waals surface area contributed by atoms with E-state index in [1.54, 1.807) is 18.8 Å². The summed E-state index contributed by atoms with van der Waals surface area (Å²) in [5.41, 5.74) is 0. The molecule has 0 heterocycles. The van der Waals surface area contributed by atoms with Crippen molar-refractivity contribution in [2.75, 3.05) is 26.4 Å². The zero-order valence-electron chi connectivity index (χ0n) is 8.23. The highest BCUT2D eigenvalue weighted by molar-refractivity contribution is 7.99. The molecule has 0 rings (SSSR count). The van der Waals surface area contributed by atoms with Crippen LogP contribution in [0.2, 0.25) is 0 Å². The highest BCUT2D eigenvalue weighted by atomic mass is 32.2. The predicted molar refractivity (Wildman–Crippen MR) is 54.5 cm³/mol. The fourth-order valence-corrected chi connectivity index (χ4v) is 0.884. The van der Waals surface area contributed by atoms with E-state index in [1.807, 2.05) is 0 Å². The Balaban J connectivity index is 3.49. The van der Waals surface area contributed by atoms with Crippen molar-refractivity contribution in [2.24, 2.45) is 0 Å². The second-order valence-corrected chi connectivity index (χ2v) is 4.75.